The van der Waals surface area contributed by atoms with Crippen molar-refractivity contribution < 1.29 is 9.59 Å². The Bertz CT molecular complexity index is 287. The van der Waals surface area contributed by atoms with E-state index in [1.807, 2.05) is 0 Å². The number of hydrogen-bond acceptors (Lipinski definition) is 3. The van der Waals surface area contributed by atoms with Gasteiger partial charge < -0.3 is 10.2 Å². The molecule has 2 rings (SSSR count). The molecule has 0 spiro atoms. The highest BCUT2D eigenvalue weighted by atomic mass is 16.2. The number of hydrogen-bond donors (Lipinski definition) is 1. The van der Waals surface area contributed by atoms with Crippen LogP contribution in [0.1, 0.15) is 25.7 Å². The molecule has 16 heavy (non-hydrogen) atoms. The maximum absolute atomic E-state index is 11.6. The van der Waals surface area contributed by atoms with Crippen molar-refractivity contribution in [2.45, 2.75) is 31.7 Å². The maximum Gasteiger partial charge on any atom is 0.326 e. The van der Waals surface area contributed by atoms with Gasteiger partial charge in [-0.15, -0.1) is 0 Å². The molecule has 0 radical (unpaired) electrons. The molecule has 2 aliphatic rings. The Labute approximate surface area is 95.8 Å². The number of rotatable bonds is 4. The molecular weight excluding hydrogens is 206 g/mol. The van der Waals surface area contributed by atoms with Crippen molar-refractivity contribution in [1.82, 2.24) is 15.1 Å². The summed E-state index contributed by atoms with van der Waals surface area (Å²) in [6, 6.07) is 0.440. The van der Waals surface area contributed by atoms with Crippen molar-refractivity contribution in [3.8, 4) is 0 Å². The maximum atomic E-state index is 11.6. The summed E-state index contributed by atoms with van der Waals surface area (Å²) in [5.74, 6) is -0.0631. The first-order valence-corrected chi connectivity index (χ1v) is 5.97. The van der Waals surface area contributed by atoms with Gasteiger partial charge in [0, 0.05) is 19.6 Å². The lowest BCUT2D eigenvalue weighted by Crippen LogP contribution is -2.33. The number of carbonyl (C=O) groups excluding carboxylic acids is 2. The van der Waals surface area contributed by atoms with Crippen LogP contribution in [0.2, 0.25) is 0 Å². The molecule has 2 aliphatic heterocycles. The lowest BCUT2D eigenvalue weighted by atomic mass is 10.1. The lowest BCUT2D eigenvalue weighted by Gasteiger charge is -2.15. The molecule has 1 unspecified atom stereocenters. The van der Waals surface area contributed by atoms with E-state index in [1.54, 1.807) is 7.05 Å². The van der Waals surface area contributed by atoms with Gasteiger partial charge in [0.1, 0.15) is 6.54 Å². The molecule has 2 fully saturated rings. The highest BCUT2D eigenvalue weighted by Crippen LogP contribution is 2.13. The van der Waals surface area contributed by atoms with E-state index >= 15 is 0 Å². The van der Waals surface area contributed by atoms with Crippen LogP contribution >= 0.6 is 0 Å². The third-order valence-corrected chi connectivity index (χ3v) is 3.33. The molecule has 0 bridgehead atoms. The molecule has 0 aliphatic carbocycles. The van der Waals surface area contributed by atoms with Crippen LogP contribution in [-0.4, -0.2) is 54.5 Å². The minimum absolute atomic E-state index is 0.0631. The lowest BCUT2D eigenvalue weighted by molar-refractivity contribution is -0.125. The molecule has 2 saturated heterocycles. The molecule has 1 N–H and O–H groups in total. The number of nitrogens with one attached hydrogen (secondary N) is 1. The zero-order chi connectivity index (χ0) is 11.5. The zero-order valence-electron chi connectivity index (χ0n) is 9.74. The minimum atomic E-state index is -0.149. The fraction of sp³-hybridized carbons (Fsp3) is 0.818. The van der Waals surface area contributed by atoms with E-state index < -0.39 is 0 Å². The zero-order valence-corrected chi connectivity index (χ0v) is 9.74. The third kappa shape index (κ3) is 2.35. The van der Waals surface area contributed by atoms with Gasteiger partial charge in [-0.1, -0.05) is 0 Å². The van der Waals surface area contributed by atoms with E-state index in [9.17, 15) is 9.59 Å². The van der Waals surface area contributed by atoms with E-state index in [1.165, 1.54) is 22.6 Å². The van der Waals surface area contributed by atoms with Crippen molar-refractivity contribution in [3.05, 3.63) is 0 Å². The summed E-state index contributed by atoms with van der Waals surface area (Å²) in [5.41, 5.74) is 0. The van der Waals surface area contributed by atoms with E-state index in [4.69, 9.17) is 0 Å². The van der Waals surface area contributed by atoms with Crippen LogP contribution in [0.5, 0.6) is 0 Å². The largest absolute Gasteiger partial charge is 0.326 e. The van der Waals surface area contributed by atoms with Gasteiger partial charge in [-0.05, 0) is 32.2 Å². The van der Waals surface area contributed by atoms with Gasteiger partial charge >= 0.3 is 6.03 Å². The van der Waals surface area contributed by atoms with Crippen LogP contribution in [0.15, 0.2) is 0 Å². The van der Waals surface area contributed by atoms with Crippen molar-refractivity contribution in [2.24, 2.45) is 0 Å². The first-order valence-electron chi connectivity index (χ1n) is 5.97. The normalized spacial score (nSPS) is 25.9. The fourth-order valence-corrected chi connectivity index (χ4v) is 2.39. The van der Waals surface area contributed by atoms with Crippen molar-refractivity contribution in [1.29, 1.82) is 0 Å². The summed E-state index contributed by atoms with van der Waals surface area (Å²) < 4.78 is 0. The molecular formula is C11H19N3O2. The van der Waals surface area contributed by atoms with Crippen molar-refractivity contribution in [3.63, 3.8) is 0 Å². The molecule has 0 aromatic heterocycles. The molecule has 0 aromatic carbocycles. The SMILES string of the molecule is CN1CC(=O)N(CCCC2CCCN2)C1=O. The molecule has 2 heterocycles. The second kappa shape index (κ2) is 4.82. The van der Waals surface area contributed by atoms with Crippen LogP contribution in [0.25, 0.3) is 0 Å². The number of carbonyl (C=O) groups is 2. The van der Waals surface area contributed by atoms with Gasteiger partial charge in [-0.25, -0.2) is 4.79 Å². The van der Waals surface area contributed by atoms with Crippen LogP contribution in [0.4, 0.5) is 4.79 Å². The summed E-state index contributed by atoms with van der Waals surface area (Å²) in [7, 11) is 1.67. The Kier molecular flexibility index (Phi) is 3.43. The predicted molar refractivity (Wildman–Crippen MR) is 60.0 cm³/mol. The Morgan fingerprint density at radius 3 is 2.81 bits per heavy atom. The molecule has 90 valence electrons. The van der Waals surface area contributed by atoms with E-state index in [2.05, 4.69) is 5.32 Å². The highest BCUT2D eigenvalue weighted by Gasteiger charge is 2.32. The first kappa shape index (κ1) is 11.4. The molecule has 0 saturated carbocycles. The van der Waals surface area contributed by atoms with Crippen molar-refractivity contribution >= 4 is 11.9 Å². The standard InChI is InChI=1S/C11H19N3O2/c1-13-8-10(15)14(11(13)16)7-3-5-9-4-2-6-12-9/h9,12H,2-8H2,1H3. The number of imide groups is 1. The van der Waals surface area contributed by atoms with Crippen molar-refractivity contribution in [2.75, 3.05) is 26.7 Å². The number of nitrogens with zero attached hydrogens (tertiary/aromatic N) is 2. The summed E-state index contributed by atoms with van der Waals surface area (Å²) >= 11 is 0. The van der Waals surface area contributed by atoms with Gasteiger partial charge in [-0.2, -0.15) is 0 Å². The fourth-order valence-electron chi connectivity index (χ4n) is 2.39. The molecule has 1 atom stereocenters. The van der Waals surface area contributed by atoms with Crippen LogP contribution in [0.3, 0.4) is 0 Å². The molecule has 5 nitrogen and oxygen atoms in total. The van der Waals surface area contributed by atoms with Gasteiger partial charge in [0.2, 0.25) is 5.91 Å². The molecule has 0 aromatic rings. The van der Waals surface area contributed by atoms with Crippen LogP contribution < -0.4 is 5.32 Å². The molecule has 5 heteroatoms. The smallest absolute Gasteiger partial charge is 0.318 e. The summed E-state index contributed by atoms with van der Waals surface area (Å²) in [5, 5.41) is 3.41. The molecule has 3 amide bonds. The Morgan fingerprint density at radius 2 is 2.25 bits per heavy atom. The minimum Gasteiger partial charge on any atom is -0.318 e. The Balaban J connectivity index is 1.73. The van der Waals surface area contributed by atoms with E-state index in [-0.39, 0.29) is 18.5 Å². The monoisotopic (exact) mass is 225 g/mol. The predicted octanol–water partition coefficient (Wildman–Crippen LogP) is 0.413. The second-order valence-electron chi connectivity index (χ2n) is 4.62. The average Bonchev–Trinajstić information content (AvgIpc) is 2.82. The topological polar surface area (TPSA) is 52.7 Å². The van der Waals surface area contributed by atoms with Crippen LogP contribution in [0, 0.1) is 0 Å². The summed E-state index contributed by atoms with van der Waals surface area (Å²) in [4.78, 5) is 25.9. The number of urea groups is 1. The Hall–Kier alpha value is -1.10. The summed E-state index contributed by atoms with van der Waals surface area (Å²) in [6.07, 6.45) is 4.43. The van der Waals surface area contributed by atoms with Gasteiger partial charge in [0.05, 0.1) is 0 Å². The van der Waals surface area contributed by atoms with Gasteiger partial charge in [-0.3, -0.25) is 9.69 Å². The quantitative estimate of drug-likeness (QED) is 0.705. The van der Waals surface area contributed by atoms with E-state index in [0.717, 1.165) is 19.4 Å². The third-order valence-electron chi connectivity index (χ3n) is 3.33. The van der Waals surface area contributed by atoms with E-state index in [0.29, 0.717) is 12.6 Å². The number of likely N-dealkylation sites (N-methyl/N-ethyl adjacent to an activating group) is 1. The second-order valence-corrected chi connectivity index (χ2v) is 4.62. The van der Waals surface area contributed by atoms with Crippen LogP contribution in [-0.2, 0) is 4.79 Å². The summed E-state index contributed by atoms with van der Waals surface area (Å²) in [6.45, 7) is 1.91. The Morgan fingerprint density at radius 1 is 1.44 bits per heavy atom. The highest BCUT2D eigenvalue weighted by molar-refractivity contribution is 6.01. The van der Waals surface area contributed by atoms with Gasteiger partial charge in [0.15, 0.2) is 0 Å². The van der Waals surface area contributed by atoms with Gasteiger partial charge in [0.25, 0.3) is 0 Å². The first-order chi connectivity index (χ1) is 7.68. The number of amides is 3. The average molecular weight is 225 g/mol.